The summed E-state index contributed by atoms with van der Waals surface area (Å²) < 4.78 is 14.9. The first-order valence-electron chi connectivity index (χ1n) is 4.72. The van der Waals surface area contributed by atoms with Gasteiger partial charge in [-0.3, -0.25) is 4.40 Å². The van der Waals surface area contributed by atoms with Crippen LogP contribution in [0.25, 0.3) is 5.52 Å². The molecule has 0 N–H and O–H groups in total. The van der Waals surface area contributed by atoms with Crippen molar-refractivity contribution in [2.45, 2.75) is 26.7 Å². The maximum atomic E-state index is 13.4. The van der Waals surface area contributed by atoms with Crippen LogP contribution in [0.2, 0.25) is 0 Å². The van der Waals surface area contributed by atoms with E-state index in [0.29, 0.717) is 5.92 Å². The van der Waals surface area contributed by atoms with Gasteiger partial charge in [-0.05, 0) is 30.5 Å². The summed E-state index contributed by atoms with van der Waals surface area (Å²) in [6.07, 6.45) is 1.54. The minimum atomic E-state index is -0.251. The summed E-state index contributed by atoms with van der Waals surface area (Å²) >= 11 is 0. The van der Waals surface area contributed by atoms with Crippen molar-refractivity contribution >= 4 is 5.52 Å². The van der Waals surface area contributed by atoms with Gasteiger partial charge < -0.3 is 0 Å². The fourth-order valence-corrected chi connectivity index (χ4v) is 1.64. The molecule has 3 heteroatoms. The van der Waals surface area contributed by atoms with Crippen LogP contribution in [-0.2, 0) is 0 Å². The van der Waals surface area contributed by atoms with Gasteiger partial charge in [-0.25, -0.2) is 4.98 Å². The Hall–Kier alpha value is -1.38. The van der Waals surface area contributed by atoms with Crippen LogP contribution in [0, 0.1) is 12.9 Å². The van der Waals surface area contributed by atoms with Crippen LogP contribution in [0.1, 0.15) is 31.0 Å². The number of aromatic nitrogens is 2. The first-order chi connectivity index (χ1) is 6.59. The van der Waals surface area contributed by atoms with Gasteiger partial charge in [0.1, 0.15) is 6.33 Å². The lowest BCUT2D eigenvalue weighted by molar-refractivity contribution is 0.566. The number of aryl methyl sites for hydroxylation is 1. The summed E-state index contributed by atoms with van der Waals surface area (Å²) in [5, 5.41) is 0. The molecule has 2 aromatic heterocycles. The number of hydrogen-bond donors (Lipinski definition) is 0. The number of nitrogens with zero attached hydrogens (tertiary/aromatic N) is 2. The van der Waals surface area contributed by atoms with Crippen LogP contribution in [-0.4, -0.2) is 9.38 Å². The molecular weight excluding hydrogens is 179 g/mol. The standard InChI is InChI=1S/C11H13FN2/c1-7(2)11-9-4-8(3)5-10(12)14(9)6-13-11/h4-7H,1-3H3. The van der Waals surface area contributed by atoms with Crippen LogP contribution < -0.4 is 0 Å². The van der Waals surface area contributed by atoms with E-state index in [-0.39, 0.29) is 5.95 Å². The molecule has 0 aliphatic rings. The second kappa shape index (κ2) is 3.08. The van der Waals surface area contributed by atoms with E-state index >= 15 is 0 Å². The van der Waals surface area contributed by atoms with Gasteiger partial charge in [0.25, 0.3) is 0 Å². The molecule has 0 aliphatic heterocycles. The molecule has 14 heavy (non-hydrogen) atoms. The summed E-state index contributed by atoms with van der Waals surface area (Å²) in [4.78, 5) is 4.22. The van der Waals surface area contributed by atoms with Crippen molar-refractivity contribution in [2.24, 2.45) is 0 Å². The Morgan fingerprint density at radius 3 is 2.71 bits per heavy atom. The first kappa shape index (κ1) is 9.19. The highest BCUT2D eigenvalue weighted by atomic mass is 19.1. The van der Waals surface area contributed by atoms with E-state index in [1.54, 1.807) is 6.33 Å². The Morgan fingerprint density at radius 1 is 1.36 bits per heavy atom. The van der Waals surface area contributed by atoms with E-state index in [2.05, 4.69) is 18.8 Å². The number of imidazole rings is 1. The highest BCUT2D eigenvalue weighted by molar-refractivity contribution is 5.55. The lowest BCUT2D eigenvalue weighted by Gasteiger charge is -2.03. The molecule has 0 saturated heterocycles. The molecule has 0 radical (unpaired) electrons. The van der Waals surface area contributed by atoms with Gasteiger partial charge >= 0.3 is 0 Å². The molecule has 2 nitrogen and oxygen atoms in total. The van der Waals surface area contributed by atoms with Gasteiger partial charge in [-0.1, -0.05) is 13.8 Å². The Labute approximate surface area is 82.4 Å². The highest BCUT2D eigenvalue weighted by Gasteiger charge is 2.10. The van der Waals surface area contributed by atoms with Crippen LogP contribution in [0.4, 0.5) is 4.39 Å². The number of halogens is 1. The van der Waals surface area contributed by atoms with E-state index < -0.39 is 0 Å². The zero-order valence-corrected chi connectivity index (χ0v) is 8.58. The molecule has 0 unspecified atom stereocenters. The zero-order chi connectivity index (χ0) is 10.3. The van der Waals surface area contributed by atoms with Crippen molar-refractivity contribution in [1.29, 1.82) is 0 Å². The Morgan fingerprint density at radius 2 is 2.07 bits per heavy atom. The first-order valence-corrected chi connectivity index (χ1v) is 4.72. The van der Waals surface area contributed by atoms with Crippen molar-refractivity contribution in [3.63, 3.8) is 0 Å². The third-order valence-electron chi connectivity index (χ3n) is 2.32. The van der Waals surface area contributed by atoms with E-state index in [0.717, 1.165) is 16.8 Å². The minimum Gasteiger partial charge on any atom is -0.275 e. The van der Waals surface area contributed by atoms with Gasteiger partial charge in [0.05, 0.1) is 11.2 Å². The predicted molar refractivity (Wildman–Crippen MR) is 54.0 cm³/mol. The number of hydrogen-bond acceptors (Lipinski definition) is 1. The molecule has 0 atom stereocenters. The van der Waals surface area contributed by atoms with E-state index in [1.807, 2.05) is 13.0 Å². The number of fused-ring (bicyclic) bond motifs is 1. The van der Waals surface area contributed by atoms with Crippen molar-refractivity contribution in [3.8, 4) is 0 Å². The van der Waals surface area contributed by atoms with Gasteiger partial charge in [0, 0.05) is 0 Å². The quantitative estimate of drug-likeness (QED) is 0.635. The van der Waals surface area contributed by atoms with Crippen LogP contribution in [0.15, 0.2) is 18.5 Å². The maximum absolute atomic E-state index is 13.4. The molecule has 0 saturated carbocycles. The van der Waals surface area contributed by atoms with Crippen LogP contribution in [0.3, 0.4) is 0 Å². The largest absolute Gasteiger partial charge is 0.275 e. The monoisotopic (exact) mass is 192 g/mol. The second-order valence-electron chi connectivity index (χ2n) is 3.90. The lowest BCUT2D eigenvalue weighted by atomic mass is 10.1. The molecule has 2 rings (SSSR count). The molecule has 0 fully saturated rings. The van der Waals surface area contributed by atoms with Crippen molar-refractivity contribution in [3.05, 3.63) is 35.7 Å². The smallest absolute Gasteiger partial charge is 0.199 e. The molecule has 74 valence electrons. The van der Waals surface area contributed by atoms with Gasteiger partial charge in [0.2, 0.25) is 0 Å². The lowest BCUT2D eigenvalue weighted by Crippen LogP contribution is -1.94. The average molecular weight is 192 g/mol. The minimum absolute atomic E-state index is 0.251. The van der Waals surface area contributed by atoms with Gasteiger partial charge in [-0.15, -0.1) is 0 Å². The van der Waals surface area contributed by atoms with Gasteiger partial charge in [0.15, 0.2) is 5.95 Å². The van der Waals surface area contributed by atoms with E-state index in [1.165, 1.54) is 10.5 Å². The molecule has 0 aliphatic carbocycles. The second-order valence-corrected chi connectivity index (χ2v) is 3.90. The Kier molecular flexibility index (Phi) is 2.02. The topological polar surface area (TPSA) is 17.3 Å². The molecule has 2 heterocycles. The maximum Gasteiger partial charge on any atom is 0.199 e. The molecule has 0 aromatic carbocycles. The molecule has 0 amide bonds. The van der Waals surface area contributed by atoms with Crippen molar-refractivity contribution < 1.29 is 4.39 Å². The fourth-order valence-electron chi connectivity index (χ4n) is 1.64. The van der Waals surface area contributed by atoms with E-state index in [9.17, 15) is 4.39 Å². The normalized spacial score (nSPS) is 11.5. The summed E-state index contributed by atoms with van der Waals surface area (Å²) in [6.45, 7) is 6.01. The molecule has 0 bridgehead atoms. The van der Waals surface area contributed by atoms with E-state index in [4.69, 9.17) is 0 Å². The average Bonchev–Trinajstić information content (AvgIpc) is 2.47. The number of pyridine rings is 1. The summed E-state index contributed by atoms with van der Waals surface area (Å²) in [7, 11) is 0. The third-order valence-corrected chi connectivity index (χ3v) is 2.32. The predicted octanol–water partition coefficient (Wildman–Crippen LogP) is 2.91. The fraction of sp³-hybridized carbons (Fsp3) is 0.364. The molecular formula is C11H13FN2. The SMILES string of the molecule is Cc1cc(F)n2cnc(C(C)C)c2c1. The Balaban J connectivity index is 2.78. The van der Waals surface area contributed by atoms with Gasteiger partial charge in [-0.2, -0.15) is 4.39 Å². The Bertz CT molecular complexity index is 471. The van der Waals surface area contributed by atoms with Crippen LogP contribution in [0.5, 0.6) is 0 Å². The summed E-state index contributed by atoms with van der Waals surface area (Å²) in [5.74, 6) is 0.0700. The zero-order valence-electron chi connectivity index (χ0n) is 8.58. The molecule has 2 aromatic rings. The van der Waals surface area contributed by atoms with Crippen LogP contribution >= 0.6 is 0 Å². The third kappa shape index (κ3) is 1.29. The highest BCUT2D eigenvalue weighted by Crippen LogP contribution is 2.20. The number of rotatable bonds is 1. The summed E-state index contributed by atoms with van der Waals surface area (Å²) in [5.41, 5.74) is 2.75. The van der Waals surface area contributed by atoms with Crippen molar-refractivity contribution in [1.82, 2.24) is 9.38 Å². The summed E-state index contributed by atoms with van der Waals surface area (Å²) in [6, 6.07) is 3.48. The molecule has 0 spiro atoms. The van der Waals surface area contributed by atoms with Crippen molar-refractivity contribution in [2.75, 3.05) is 0 Å².